The van der Waals surface area contributed by atoms with Crippen LogP contribution in [0.3, 0.4) is 0 Å². The molecule has 4 aliphatic carbocycles. The topological polar surface area (TPSA) is 60.2 Å². The maximum Gasteiger partial charge on any atom is 0.231 e. The third kappa shape index (κ3) is 0.830. The average molecular weight is 193 g/mol. The predicted molar refractivity (Wildman–Crippen MR) is 50.2 cm³/mol. The van der Waals surface area contributed by atoms with E-state index in [1.54, 1.807) is 0 Å². The van der Waals surface area contributed by atoms with Gasteiger partial charge < -0.3 is 5.73 Å². The highest BCUT2D eigenvalue weighted by Gasteiger charge is 2.59. The Morgan fingerprint density at radius 3 is 2.29 bits per heavy atom. The zero-order valence-electron chi connectivity index (χ0n) is 8.16. The summed E-state index contributed by atoms with van der Waals surface area (Å²) in [5, 5.41) is 0. The minimum Gasteiger partial charge on any atom is -0.369 e. The molecule has 3 heteroatoms. The molecule has 0 aromatic carbocycles. The minimum atomic E-state index is -0.741. The summed E-state index contributed by atoms with van der Waals surface area (Å²) < 4.78 is 0. The molecule has 76 valence electrons. The average Bonchev–Trinajstić information content (AvgIpc) is 2.12. The van der Waals surface area contributed by atoms with Crippen molar-refractivity contribution in [3.63, 3.8) is 0 Å². The molecule has 4 bridgehead atoms. The van der Waals surface area contributed by atoms with Gasteiger partial charge in [-0.2, -0.15) is 0 Å². The highest BCUT2D eigenvalue weighted by Crippen LogP contribution is 2.57. The second kappa shape index (κ2) is 2.38. The number of Topliss-reactive ketones (excluding diaryl/α,β-unsaturated/α-hetero) is 1. The summed E-state index contributed by atoms with van der Waals surface area (Å²) in [5.74, 6) is 1.16. The van der Waals surface area contributed by atoms with Gasteiger partial charge in [0.1, 0.15) is 5.41 Å². The van der Waals surface area contributed by atoms with E-state index < -0.39 is 5.41 Å². The Morgan fingerprint density at radius 2 is 1.79 bits per heavy atom. The van der Waals surface area contributed by atoms with Gasteiger partial charge in [0.05, 0.1) is 0 Å². The van der Waals surface area contributed by atoms with Gasteiger partial charge in [-0.3, -0.25) is 9.59 Å². The third-order valence-corrected chi connectivity index (χ3v) is 4.49. The molecule has 0 aliphatic heterocycles. The molecule has 4 fully saturated rings. The Morgan fingerprint density at radius 1 is 1.21 bits per heavy atom. The molecule has 4 aliphatic rings. The number of primary amides is 1. The first-order valence-electron chi connectivity index (χ1n) is 5.46. The number of rotatable bonds is 1. The molecule has 0 saturated heterocycles. The monoisotopic (exact) mass is 193 g/mol. The van der Waals surface area contributed by atoms with Crippen molar-refractivity contribution in [2.75, 3.05) is 0 Å². The first kappa shape index (κ1) is 8.45. The van der Waals surface area contributed by atoms with Gasteiger partial charge in [-0.05, 0) is 43.9 Å². The van der Waals surface area contributed by atoms with Crippen LogP contribution in [0.1, 0.15) is 32.1 Å². The normalized spacial score (nSPS) is 49.7. The maximum atomic E-state index is 12.0. The van der Waals surface area contributed by atoms with Crippen molar-refractivity contribution < 1.29 is 9.59 Å². The number of carbonyl (C=O) groups is 2. The van der Waals surface area contributed by atoms with E-state index in [2.05, 4.69) is 0 Å². The molecule has 2 atom stereocenters. The molecule has 0 heterocycles. The van der Waals surface area contributed by atoms with Crippen LogP contribution in [0.2, 0.25) is 0 Å². The molecule has 0 aromatic rings. The first-order valence-corrected chi connectivity index (χ1v) is 5.46. The summed E-state index contributed by atoms with van der Waals surface area (Å²) in [6, 6.07) is 0. The van der Waals surface area contributed by atoms with Crippen molar-refractivity contribution in [2.24, 2.45) is 28.9 Å². The van der Waals surface area contributed by atoms with E-state index in [-0.39, 0.29) is 17.6 Å². The van der Waals surface area contributed by atoms with E-state index in [9.17, 15) is 9.59 Å². The number of hydrogen-bond donors (Lipinski definition) is 1. The lowest BCUT2D eigenvalue weighted by Gasteiger charge is -2.53. The molecule has 0 spiro atoms. The maximum absolute atomic E-state index is 12.0. The molecule has 14 heavy (non-hydrogen) atoms. The van der Waals surface area contributed by atoms with Gasteiger partial charge in [0.2, 0.25) is 5.91 Å². The standard InChI is InChI=1S/C11H15NO2/c12-10(14)11-4-6-1-7(5-11)3-8(2-6)9(11)13/h6-8H,1-5H2,(H2,12,14)/t6-,7-,8?,11?/m1/s1. The van der Waals surface area contributed by atoms with Crippen LogP contribution in [-0.4, -0.2) is 11.7 Å². The second-order valence-electron chi connectivity index (χ2n) is 5.35. The number of amides is 1. The van der Waals surface area contributed by atoms with Crippen LogP contribution in [0.25, 0.3) is 0 Å². The lowest BCUT2D eigenvalue weighted by molar-refractivity contribution is -0.160. The lowest BCUT2D eigenvalue weighted by Crippen LogP contribution is -2.58. The highest BCUT2D eigenvalue weighted by atomic mass is 16.2. The van der Waals surface area contributed by atoms with Crippen LogP contribution < -0.4 is 5.73 Å². The zero-order chi connectivity index (χ0) is 9.92. The van der Waals surface area contributed by atoms with Gasteiger partial charge in [0.25, 0.3) is 0 Å². The summed E-state index contributed by atoms with van der Waals surface area (Å²) in [4.78, 5) is 23.5. The summed E-state index contributed by atoms with van der Waals surface area (Å²) in [6.45, 7) is 0. The van der Waals surface area contributed by atoms with Crippen LogP contribution >= 0.6 is 0 Å². The van der Waals surface area contributed by atoms with Crippen LogP contribution in [0.5, 0.6) is 0 Å². The molecular formula is C11H15NO2. The predicted octanol–water partition coefficient (Wildman–Crippen LogP) is 0.867. The Bertz CT molecular complexity index is 309. The Kier molecular flexibility index (Phi) is 1.44. The molecule has 4 saturated carbocycles. The quantitative estimate of drug-likeness (QED) is 0.628. The molecule has 3 nitrogen and oxygen atoms in total. The molecule has 0 unspecified atom stereocenters. The number of ketones is 1. The molecule has 0 aromatic heterocycles. The van der Waals surface area contributed by atoms with Gasteiger partial charge in [-0.25, -0.2) is 0 Å². The van der Waals surface area contributed by atoms with Crippen molar-refractivity contribution >= 4 is 11.7 Å². The largest absolute Gasteiger partial charge is 0.369 e. The lowest BCUT2D eigenvalue weighted by atomic mass is 9.49. The Balaban J connectivity index is 2.05. The molecule has 4 rings (SSSR count). The van der Waals surface area contributed by atoms with Gasteiger partial charge in [0, 0.05) is 5.92 Å². The van der Waals surface area contributed by atoms with Crippen molar-refractivity contribution in [1.29, 1.82) is 0 Å². The van der Waals surface area contributed by atoms with E-state index in [1.807, 2.05) is 0 Å². The van der Waals surface area contributed by atoms with Crippen LogP contribution in [0.4, 0.5) is 0 Å². The SMILES string of the molecule is NC(=O)C12C[C@H]3CC(C[C@@H](C3)C1)C2=O. The molecule has 1 amide bonds. The van der Waals surface area contributed by atoms with E-state index >= 15 is 0 Å². The van der Waals surface area contributed by atoms with E-state index in [0.29, 0.717) is 11.8 Å². The fourth-order valence-electron chi connectivity index (χ4n) is 4.10. The van der Waals surface area contributed by atoms with Crippen molar-refractivity contribution in [2.45, 2.75) is 32.1 Å². The highest BCUT2D eigenvalue weighted by molar-refractivity contribution is 6.07. The van der Waals surface area contributed by atoms with Gasteiger partial charge in [0.15, 0.2) is 5.78 Å². The van der Waals surface area contributed by atoms with Crippen LogP contribution in [0, 0.1) is 23.2 Å². The van der Waals surface area contributed by atoms with Gasteiger partial charge in [-0.1, -0.05) is 0 Å². The summed E-state index contributed by atoms with van der Waals surface area (Å²) in [6.07, 6.45) is 4.75. The van der Waals surface area contributed by atoms with E-state index in [4.69, 9.17) is 5.73 Å². The molecular weight excluding hydrogens is 178 g/mol. The minimum absolute atomic E-state index is 0.161. The van der Waals surface area contributed by atoms with Crippen LogP contribution in [0.15, 0.2) is 0 Å². The number of hydrogen-bond acceptors (Lipinski definition) is 2. The fourth-order valence-corrected chi connectivity index (χ4v) is 4.10. The van der Waals surface area contributed by atoms with Crippen molar-refractivity contribution in [3.05, 3.63) is 0 Å². The van der Waals surface area contributed by atoms with Crippen LogP contribution in [-0.2, 0) is 9.59 Å². The fraction of sp³-hybridized carbons (Fsp3) is 0.818. The first-order chi connectivity index (χ1) is 6.62. The Hall–Kier alpha value is -0.860. The zero-order valence-corrected chi connectivity index (χ0v) is 8.16. The second-order valence-corrected chi connectivity index (χ2v) is 5.35. The third-order valence-electron chi connectivity index (χ3n) is 4.49. The van der Waals surface area contributed by atoms with Crippen molar-refractivity contribution in [1.82, 2.24) is 0 Å². The Labute approximate surface area is 83.0 Å². The number of nitrogens with two attached hydrogens (primary N) is 1. The molecule has 2 N–H and O–H groups in total. The summed E-state index contributed by atoms with van der Waals surface area (Å²) in [7, 11) is 0. The van der Waals surface area contributed by atoms with Gasteiger partial charge in [-0.15, -0.1) is 0 Å². The number of carbonyl (C=O) groups excluding carboxylic acids is 2. The summed E-state index contributed by atoms with van der Waals surface area (Å²) in [5.41, 5.74) is 4.68. The van der Waals surface area contributed by atoms with E-state index in [1.165, 1.54) is 6.42 Å². The van der Waals surface area contributed by atoms with E-state index in [0.717, 1.165) is 25.7 Å². The smallest absolute Gasteiger partial charge is 0.231 e. The van der Waals surface area contributed by atoms with Crippen molar-refractivity contribution in [3.8, 4) is 0 Å². The molecule has 0 radical (unpaired) electrons. The summed E-state index contributed by atoms with van der Waals surface area (Å²) >= 11 is 0. The van der Waals surface area contributed by atoms with Gasteiger partial charge >= 0.3 is 0 Å².